The molecule has 1 unspecified atom stereocenters. The first kappa shape index (κ1) is 19.6. The van der Waals surface area contributed by atoms with E-state index in [-0.39, 0.29) is 44.3 Å². The topological polar surface area (TPSA) is 72.5 Å². The van der Waals surface area contributed by atoms with Crippen molar-refractivity contribution in [2.45, 2.75) is 51.2 Å². The minimum Gasteiger partial charge on any atom is -0.353 e. The molecule has 0 N–H and O–H groups in total. The Labute approximate surface area is 137 Å². The summed E-state index contributed by atoms with van der Waals surface area (Å²) >= 11 is 0. The van der Waals surface area contributed by atoms with Gasteiger partial charge in [-0.25, -0.2) is 6.66 Å². The van der Waals surface area contributed by atoms with E-state index in [2.05, 4.69) is 6.66 Å². The van der Waals surface area contributed by atoms with Crippen molar-refractivity contribution in [3.8, 4) is 0 Å². The summed E-state index contributed by atoms with van der Waals surface area (Å²) in [6.45, 7) is 9.11. The molecule has 0 bridgehead atoms. The zero-order chi connectivity index (χ0) is 15.0. The van der Waals surface area contributed by atoms with Gasteiger partial charge in [0.15, 0.2) is 19.7 Å². The molecule has 2 fully saturated rings. The van der Waals surface area contributed by atoms with Crippen LogP contribution in [0.2, 0.25) is 0 Å². The Hall–Kier alpha value is 0.587. The summed E-state index contributed by atoms with van der Waals surface area (Å²) in [7, 11) is -1.78. The van der Waals surface area contributed by atoms with Crippen LogP contribution in [-0.2, 0) is 32.6 Å². The molecule has 0 aromatic rings. The van der Waals surface area contributed by atoms with Crippen LogP contribution < -0.4 is 18.9 Å². The molecular formula is C12H22LiO7P. The molecule has 2 aliphatic heterocycles. The number of fused-ring (bicyclic) bond motifs is 1. The maximum atomic E-state index is 11.8. The van der Waals surface area contributed by atoms with Gasteiger partial charge in [-0.2, -0.15) is 0 Å². The van der Waals surface area contributed by atoms with E-state index < -0.39 is 25.8 Å². The van der Waals surface area contributed by atoms with Crippen molar-refractivity contribution in [1.29, 1.82) is 0 Å². The minimum atomic E-state index is -3.31. The molecule has 118 valence electrons. The van der Waals surface area contributed by atoms with Crippen molar-refractivity contribution in [3.05, 3.63) is 6.66 Å². The fourth-order valence-corrected chi connectivity index (χ4v) is 3.23. The molecule has 2 rings (SSSR count). The van der Waals surface area contributed by atoms with Crippen LogP contribution in [0.1, 0.15) is 20.8 Å². The molecule has 21 heavy (non-hydrogen) atoms. The predicted octanol–water partition coefficient (Wildman–Crippen LogP) is -1.08. The average Bonchev–Trinajstić information content (AvgIpc) is 2.80. The molecule has 0 aliphatic carbocycles. The summed E-state index contributed by atoms with van der Waals surface area (Å²) < 4.78 is 44.4. The fourth-order valence-electron chi connectivity index (χ4n) is 2.39. The second-order valence-corrected chi connectivity index (χ2v) is 6.91. The van der Waals surface area contributed by atoms with Crippen LogP contribution in [0, 0.1) is 6.66 Å². The van der Waals surface area contributed by atoms with E-state index in [1.165, 1.54) is 7.11 Å². The van der Waals surface area contributed by atoms with E-state index in [0.717, 1.165) is 0 Å². The van der Waals surface area contributed by atoms with E-state index in [4.69, 9.17) is 28.0 Å². The molecule has 5 atom stereocenters. The van der Waals surface area contributed by atoms with E-state index in [1.807, 2.05) is 13.8 Å². The number of rotatable bonds is 6. The normalized spacial score (nSPS) is 36.8. The van der Waals surface area contributed by atoms with Crippen LogP contribution in [0.4, 0.5) is 0 Å². The summed E-state index contributed by atoms with van der Waals surface area (Å²) in [5.74, 6) is -0.706. The summed E-state index contributed by atoms with van der Waals surface area (Å²) in [6.07, 6.45) is -1.65. The summed E-state index contributed by atoms with van der Waals surface area (Å²) in [6, 6.07) is 0. The van der Waals surface area contributed by atoms with Gasteiger partial charge in [0.2, 0.25) is 0 Å². The van der Waals surface area contributed by atoms with Gasteiger partial charge in [-0.1, -0.05) is 0 Å². The van der Waals surface area contributed by atoms with Gasteiger partial charge in [-0.3, -0.25) is 4.57 Å². The molecule has 0 spiro atoms. The van der Waals surface area contributed by atoms with Crippen LogP contribution in [0.3, 0.4) is 0 Å². The van der Waals surface area contributed by atoms with E-state index in [0.29, 0.717) is 0 Å². The molecule has 0 aromatic heterocycles. The van der Waals surface area contributed by atoms with Crippen molar-refractivity contribution in [1.82, 2.24) is 0 Å². The SMILES string of the molecule is [CH2-]P(=O)(OCC)OC[C@H]1O[C@@H](OC)[C@@H]2OC(C)(C)O[C@@H]21.[Li+]. The summed E-state index contributed by atoms with van der Waals surface area (Å²) in [5, 5.41) is 0. The van der Waals surface area contributed by atoms with E-state index >= 15 is 0 Å². The molecule has 0 amide bonds. The molecule has 2 saturated heterocycles. The van der Waals surface area contributed by atoms with Crippen LogP contribution in [-0.4, -0.2) is 50.7 Å². The third-order valence-electron chi connectivity index (χ3n) is 3.10. The first-order chi connectivity index (χ1) is 9.28. The van der Waals surface area contributed by atoms with Crippen molar-refractivity contribution in [2.24, 2.45) is 0 Å². The smallest absolute Gasteiger partial charge is 0.353 e. The zero-order valence-corrected chi connectivity index (χ0v) is 14.1. The second-order valence-electron chi connectivity index (χ2n) is 5.17. The number of methoxy groups -OCH3 is 1. The summed E-state index contributed by atoms with van der Waals surface area (Å²) in [5.41, 5.74) is 0. The molecule has 7 nitrogen and oxygen atoms in total. The van der Waals surface area contributed by atoms with Crippen LogP contribution in [0.5, 0.6) is 0 Å². The maximum absolute atomic E-state index is 11.8. The number of hydrogen-bond donors (Lipinski definition) is 0. The Kier molecular flexibility index (Phi) is 6.95. The largest absolute Gasteiger partial charge is 1.00 e. The molecule has 0 saturated carbocycles. The third-order valence-corrected chi connectivity index (χ3v) is 4.29. The van der Waals surface area contributed by atoms with Crippen molar-refractivity contribution < 1.29 is 51.4 Å². The zero-order valence-electron chi connectivity index (χ0n) is 13.2. The maximum Gasteiger partial charge on any atom is 1.00 e. The third kappa shape index (κ3) is 4.78. The van der Waals surface area contributed by atoms with Gasteiger partial charge < -0.3 is 28.0 Å². The Morgan fingerprint density at radius 2 is 1.86 bits per heavy atom. The standard InChI is InChI=1S/C12H22O7P.Li/c1-6-15-20(5,13)16-7-8-9-10(11(14-4)17-8)19-12(2,3)18-9;/h8-11H,5-7H2,1-4H3;/q-1;+1/t8-,9-,10-,11-,20?;/m1./s1. The van der Waals surface area contributed by atoms with Gasteiger partial charge >= 0.3 is 18.9 Å². The molecule has 2 aliphatic rings. The van der Waals surface area contributed by atoms with Gasteiger partial charge in [0.05, 0.1) is 13.2 Å². The van der Waals surface area contributed by atoms with Gasteiger partial charge in [-0.05, 0) is 20.8 Å². The Morgan fingerprint density at radius 1 is 1.24 bits per heavy atom. The van der Waals surface area contributed by atoms with Gasteiger partial charge in [0, 0.05) is 7.11 Å². The van der Waals surface area contributed by atoms with Gasteiger partial charge in [0.25, 0.3) is 0 Å². The van der Waals surface area contributed by atoms with Crippen molar-refractivity contribution >= 4 is 7.60 Å². The molecule has 9 heteroatoms. The second kappa shape index (κ2) is 7.44. The number of ether oxygens (including phenoxy) is 4. The quantitative estimate of drug-likeness (QED) is 0.351. The average molecular weight is 316 g/mol. The fraction of sp³-hybridized carbons (Fsp3) is 0.917. The first-order valence-corrected chi connectivity index (χ1v) is 8.28. The Balaban J connectivity index is 0.00000220. The monoisotopic (exact) mass is 316 g/mol. The van der Waals surface area contributed by atoms with Crippen molar-refractivity contribution in [3.63, 3.8) is 0 Å². The molecule has 0 aromatic carbocycles. The van der Waals surface area contributed by atoms with E-state index in [9.17, 15) is 4.57 Å². The minimum absolute atomic E-state index is 0. The van der Waals surface area contributed by atoms with Crippen LogP contribution in [0.25, 0.3) is 0 Å². The summed E-state index contributed by atoms with van der Waals surface area (Å²) in [4.78, 5) is 0. The van der Waals surface area contributed by atoms with Crippen LogP contribution >= 0.6 is 7.60 Å². The van der Waals surface area contributed by atoms with Crippen molar-refractivity contribution in [2.75, 3.05) is 20.3 Å². The Morgan fingerprint density at radius 3 is 2.43 bits per heavy atom. The van der Waals surface area contributed by atoms with E-state index in [1.54, 1.807) is 6.92 Å². The van der Waals surface area contributed by atoms with Gasteiger partial charge in [-0.15, -0.1) is 0 Å². The first-order valence-electron chi connectivity index (χ1n) is 6.55. The molecular weight excluding hydrogens is 294 g/mol. The van der Waals surface area contributed by atoms with Crippen LogP contribution in [0.15, 0.2) is 0 Å². The molecule has 0 radical (unpaired) electrons. The molecule has 2 heterocycles. The predicted molar refractivity (Wildman–Crippen MR) is 70.0 cm³/mol. The van der Waals surface area contributed by atoms with Gasteiger partial charge in [0.1, 0.15) is 18.3 Å². The Bertz CT molecular complexity index is 392. The number of hydrogen-bond acceptors (Lipinski definition) is 7.